The van der Waals surface area contributed by atoms with Gasteiger partial charge >= 0.3 is 0 Å². The van der Waals surface area contributed by atoms with Crippen molar-refractivity contribution in [3.63, 3.8) is 0 Å². The Morgan fingerprint density at radius 3 is 2.67 bits per heavy atom. The zero-order chi connectivity index (χ0) is 20.9. The molecule has 0 aromatic heterocycles. The van der Waals surface area contributed by atoms with Gasteiger partial charge in [0.15, 0.2) is 0 Å². The number of aryl methyl sites for hydroxylation is 1. The van der Waals surface area contributed by atoms with Crippen LogP contribution in [0, 0.1) is 12.3 Å². The van der Waals surface area contributed by atoms with E-state index in [2.05, 4.69) is 93.9 Å². The van der Waals surface area contributed by atoms with Crippen LogP contribution in [0.2, 0.25) is 0 Å². The predicted molar refractivity (Wildman–Crippen MR) is 131 cm³/mol. The fourth-order valence-corrected chi connectivity index (χ4v) is 4.98. The maximum absolute atomic E-state index is 2.36. The van der Waals surface area contributed by atoms with Crippen LogP contribution in [0.3, 0.4) is 0 Å². The van der Waals surface area contributed by atoms with Gasteiger partial charge in [0.05, 0.1) is 12.0 Å². The molecule has 0 fully saturated rings. The van der Waals surface area contributed by atoms with E-state index in [4.69, 9.17) is 0 Å². The van der Waals surface area contributed by atoms with Crippen molar-refractivity contribution in [3.8, 4) is 0 Å². The molecule has 30 heavy (non-hydrogen) atoms. The molecule has 0 aliphatic heterocycles. The molecule has 2 atom stereocenters. The highest BCUT2D eigenvalue weighted by atomic mass is 14.2. The van der Waals surface area contributed by atoms with Crippen LogP contribution < -0.4 is 0 Å². The Bertz CT molecular complexity index is 1020. The van der Waals surface area contributed by atoms with Crippen molar-refractivity contribution < 1.29 is 0 Å². The third-order valence-electron chi connectivity index (χ3n) is 6.99. The lowest BCUT2D eigenvalue weighted by Crippen LogP contribution is -2.08. The molecule has 3 aromatic carbocycles. The number of hydrogen-bond donors (Lipinski definition) is 0. The van der Waals surface area contributed by atoms with Crippen molar-refractivity contribution in [1.82, 2.24) is 0 Å². The highest BCUT2D eigenvalue weighted by Crippen LogP contribution is 2.36. The molecule has 0 amide bonds. The topological polar surface area (TPSA) is 0 Å². The molecule has 0 saturated heterocycles. The summed E-state index contributed by atoms with van der Waals surface area (Å²) in [6, 6.07) is 22.0. The van der Waals surface area contributed by atoms with Crippen molar-refractivity contribution in [3.05, 3.63) is 101 Å². The van der Waals surface area contributed by atoms with Gasteiger partial charge in [-0.3, -0.25) is 0 Å². The monoisotopic (exact) mass is 395 g/mol. The molecule has 0 spiro atoms. The molecule has 2 aliphatic carbocycles. The standard InChI is InChI=1S/C16H21.C14H14/c1-3-4-7-13(2)15-11-10-14-8-5-6-9-16(14)12-15;1-10-6-8-14-12(10)9-7-11-4-2-3-5-13(11)14/h5-6,8-11,13H,3-4,7,12H2,1-2H3;2-5,7,9-10H,6,8H2,1H3/q+1;. The maximum Gasteiger partial charge on any atom is 0.0994 e. The van der Waals surface area contributed by atoms with E-state index in [9.17, 15) is 0 Å². The molecule has 0 bridgehead atoms. The smallest absolute Gasteiger partial charge is 0.0654 e. The van der Waals surface area contributed by atoms with E-state index >= 15 is 0 Å². The van der Waals surface area contributed by atoms with Gasteiger partial charge in [-0.25, -0.2) is 0 Å². The quantitative estimate of drug-likeness (QED) is 0.389. The normalized spacial score (nSPS) is 17.8. The Labute approximate surface area is 183 Å². The largest absolute Gasteiger partial charge is 0.0994 e. The zero-order valence-electron chi connectivity index (χ0n) is 18.8. The molecule has 2 unspecified atom stereocenters. The first-order chi connectivity index (χ1) is 14.7. The predicted octanol–water partition coefficient (Wildman–Crippen LogP) is 8.44. The highest BCUT2D eigenvalue weighted by Gasteiger charge is 2.21. The summed E-state index contributed by atoms with van der Waals surface area (Å²) >= 11 is 0. The van der Waals surface area contributed by atoms with Crippen molar-refractivity contribution in [1.29, 1.82) is 0 Å². The minimum atomic E-state index is 0.740. The summed E-state index contributed by atoms with van der Waals surface area (Å²) in [4.78, 5) is 0. The first-order valence-electron chi connectivity index (χ1n) is 11.8. The minimum Gasteiger partial charge on any atom is -0.0654 e. The second-order valence-electron chi connectivity index (χ2n) is 9.12. The van der Waals surface area contributed by atoms with Crippen molar-refractivity contribution >= 4 is 10.8 Å². The van der Waals surface area contributed by atoms with Crippen molar-refractivity contribution in [2.24, 2.45) is 5.92 Å². The van der Waals surface area contributed by atoms with Gasteiger partial charge in [-0.1, -0.05) is 63.1 Å². The van der Waals surface area contributed by atoms with Gasteiger partial charge in [-0.2, -0.15) is 0 Å². The number of unbranched alkanes of at least 4 members (excludes halogenated alkanes) is 1. The summed E-state index contributed by atoms with van der Waals surface area (Å²) in [5, 5.41) is 2.86. The van der Waals surface area contributed by atoms with Gasteiger partial charge in [0.1, 0.15) is 0 Å². The molecule has 2 aliphatic rings. The molecule has 0 nitrogen and oxygen atoms in total. The summed E-state index contributed by atoms with van der Waals surface area (Å²) in [6.45, 7) is 6.97. The SMILES string of the molecule is CC1CCc2c1ccc1ccccc21.CCCCC(C)C1=C[CH+]c2ccccc2C1. The summed E-state index contributed by atoms with van der Waals surface area (Å²) in [7, 11) is 0. The van der Waals surface area contributed by atoms with Crippen LogP contribution in [-0.2, 0) is 12.8 Å². The van der Waals surface area contributed by atoms with Crippen molar-refractivity contribution in [2.45, 2.75) is 65.2 Å². The summed E-state index contributed by atoms with van der Waals surface area (Å²) in [6.07, 6.45) is 12.3. The fourth-order valence-electron chi connectivity index (χ4n) is 4.98. The average molecular weight is 396 g/mol. The van der Waals surface area contributed by atoms with Crippen LogP contribution >= 0.6 is 0 Å². The second-order valence-corrected chi connectivity index (χ2v) is 9.12. The van der Waals surface area contributed by atoms with Gasteiger partial charge in [0, 0.05) is 35.6 Å². The molecule has 0 saturated carbocycles. The number of benzene rings is 3. The number of hydrogen-bond acceptors (Lipinski definition) is 0. The van der Waals surface area contributed by atoms with E-state index in [1.165, 1.54) is 54.0 Å². The fraction of sp³-hybridized carbons (Fsp3) is 0.367. The van der Waals surface area contributed by atoms with Crippen molar-refractivity contribution in [2.75, 3.05) is 0 Å². The Hall–Kier alpha value is -2.47. The van der Waals surface area contributed by atoms with E-state index in [-0.39, 0.29) is 0 Å². The lowest BCUT2D eigenvalue weighted by molar-refractivity contribution is 0.560. The Morgan fingerprint density at radius 1 is 1.00 bits per heavy atom. The molecule has 0 N–H and O–H groups in total. The second kappa shape index (κ2) is 9.56. The van der Waals surface area contributed by atoms with E-state index < -0.39 is 0 Å². The van der Waals surface area contributed by atoms with Crippen LogP contribution in [0.4, 0.5) is 0 Å². The first kappa shape index (κ1) is 20.8. The summed E-state index contributed by atoms with van der Waals surface area (Å²) in [5.41, 5.74) is 7.66. The summed E-state index contributed by atoms with van der Waals surface area (Å²) in [5.74, 6) is 1.50. The number of rotatable bonds is 4. The van der Waals surface area contributed by atoms with Gasteiger partial charge < -0.3 is 0 Å². The zero-order valence-corrected chi connectivity index (χ0v) is 18.8. The molecule has 3 aromatic rings. The van der Waals surface area contributed by atoms with Crippen LogP contribution in [0.1, 0.15) is 74.6 Å². The third-order valence-corrected chi connectivity index (χ3v) is 6.99. The van der Waals surface area contributed by atoms with Crippen LogP contribution in [-0.4, -0.2) is 0 Å². The Morgan fingerprint density at radius 2 is 1.80 bits per heavy atom. The molecular formula is C30H35+. The van der Waals surface area contributed by atoms with E-state index in [1.807, 2.05) is 0 Å². The highest BCUT2D eigenvalue weighted by molar-refractivity contribution is 5.87. The van der Waals surface area contributed by atoms with Gasteiger partial charge in [0.2, 0.25) is 0 Å². The van der Waals surface area contributed by atoms with Gasteiger partial charge in [-0.05, 0) is 72.2 Å². The van der Waals surface area contributed by atoms with Gasteiger partial charge in [-0.15, -0.1) is 0 Å². The molecule has 0 heteroatoms. The first-order valence-corrected chi connectivity index (χ1v) is 11.8. The van der Waals surface area contributed by atoms with E-state index in [1.54, 1.807) is 16.7 Å². The van der Waals surface area contributed by atoms with Crippen LogP contribution in [0.15, 0.2) is 72.3 Å². The van der Waals surface area contributed by atoms with Gasteiger partial charge in [0.25, 0.3) is 0 Å². The van der Waals surface area contributed by atoms with E-state index in [0.29, 0.717) is 0 Å². The Balaban J connectivity index is 0.000000146. The molecule has 0 radical (unpaired) electrons. The lowest BCUT2D eigenvalue weighted by Gasteiger charge is -2.15. The Kier molecular flexibility index (Phi) is 6.62. The summed E-state index contributed by atoms with van der Waals surface area (Å²) < 4.78 is 0. The number of allylic oxidation sites excluding steroid dienone is 2. The maximum atomic E-state index is 2.36. The lowest BCUT2D eigenvalue weighted by atomic mass is 9.84. The molecule has 0 heterocycles. The number of fused-ring (bicyclic) bond motifs is 4. The third kappa shape index (κ3) is 4.48. The van der Waals surface area contributed by atoms with Crippen LogP contribution in [0.25, 0.3) is 10.8 Å². The molecular weight excluding hydrogens is 360 g/mol. The molecule has 154 valence electrons. The minimum absolute atomic E-state index is 0.740. The molecule has 5 rings (SSSR count). The average Bonchev–Trinajstić information content (AvgIpc) is 3.19. The van der Waals surface area contributed by atoms with E-state index in [0.717, 1.165) is 18.3 Å². The van der Waals surface area contributed by atoms with Crippen LogP contribution in [0.5, 0.6) is 0 Å².